The van der Waals surface area contributed by atoms with E-state index in [0.29, 0.717) is 6.54 Å². The number of nitrogens with zero attached hydrogens (tertiary/aromatic N) is 3. The Hall–Kier alpha value is -2.34. The fourth-order valence-electron chi connectivity index (χ4n) is 3.58. The van der Waals surface area contributed by atoms with Crippen LogP contribution in [0.15, 0.2) is 36.5 Å². The number of aryl methyl sites for hydroxylation is 1. The molecular weight excluding hydrogens is 318 g/mol. The molecule has 6 heteroatoms. The summed E-state index contributed by atoms with van der Waals surface area (Å²) in [5.41, 5.74) is 0.431. The molecule has 2 atom stereocenters. The molecule has 1 aromatic heterocycles. The van der Waals surface area contributed by atoms with Crippen LogP contribution in [0.5, 0.6) is 5.75 Å². The monoisotopic (exact) mass is 343 g/mol. The molecule has 0 radical (unpaired) electrons. The highest BCUT2D eigenvalue weighted by molar-refractivity contribution is 5.79. The van der Waals surface area contributed by atoms with Crippen LogP contribution in [0.3, 0.4) is 0 Å². The molecule has 1 aliphatic heterocycles. The maximum Gasteiger partial charge on any atom is 0.229 e. The van der Waals surface area contributed by atoms with Crippen molar-refractivity contribution in [2.45, 2.75) is 37.8 Å². The van der Waals surface area contributed by atoms with Crippen molar-refractivity contribution >= 4 is 5.91 Å². The standard InChI is InChI=1S/C19H25N3O3/c1-19(24,14-6-8-16(25-3)9-7-14)17-5-4-11-22(17)18(23)13-15-10-12-21(2)20-15/h6-10,12,17,24H,4-5,11,13H2,1-3H3/t17-,19+/m1/s1. The molecule has 1 N–H and O–H groups in total. The number of methoxy groups -OCH3 is 1. The molecule has 1 amide bonds. The highest BCUT2D eigenvalue weighted by Crippen LogP contribution is 2.35. The molecule has 0 saturated carbocycles. The van der Waals surface area contributed by atoms with Crippen LogP contribution in [0.25, 0.3) is 0 Å². The summed E-state index contributed by atoms with van der Waals surface area (Å²) >= 11 is 0. The van der Waals surface area contributed by atoms with Gasteiger partial charge in [0.1, 0.15) is 11.4 Å². The zero-order valence-corrected chi connectivity index (χ0v) is 15.0. The van der Waals surface area contributed by atoms with E-state index in [9.17, 15) is 9.90 Å². The largest absolute Gasteiger partial charge is 0.497 e. The van der Waals surface area contributed by atoms with Crippen molar-refractivity contribution in [2.75, 3.05) is 13.7 Å². The van der Waals surface area contributed by atoms with Gasteiger partial charge < -0.3 is 14.7 Å². The number of aromatic nitrogens is 2. The van der Waals surface area contributed by atoms with Gasteiger partial charge in [0.15, 0.2) is 0 Å². The summed E-state index contributed by atoms with van der Waals surface area (Å²) in [5, 5.41) is 15.5. The van der Waals surface area contributed by atoms with Gasteiger partial charge >= 0.3 is 0 Å². The first kappa shape index (κ1) is 17.5. The number of carbonyl (C=O) groups is 1. The van der Waals surface area contributed by atoms with E-state index in [-0.39, 0.29) is 18.4 Å². The van der Waals surface area contributed by atoms with E-state index in [1.807, 2.05) is 43.6 Å². The molecule has 25 heavy (non-hydrogen) atoms. The number of benzene rings is 1. The lowest BCUT2D eigenvalue weighted by Crippen LogP contribution is -2.48. The van der Waals surface area contributed by atoms with Gasteiger partial charge in [0.05, 0.1) is 25.3 Å². The van der Waals surface area contributed by atoms with Crippen LogP contribution in [-0.2, 0) is 23.9 Å². The Bertz CT molecular complexity index is 737. The van der Waals surface area contributed by atoms with Gasteiger partial charge in [-0.2, -0.15) is 5.10 Å². The van der Waals surface area contributed by atoms with Gasteiger partial charge in [0, 0.05) is 19.8 Å². The quantitative estimate of drug-likeness (QED) is 0.900. The van der Waals surface area contributed by atoms with Gasteiger partial charge in [-0.3, -0.25) is 9.48 Å². The van der Waals surface area contributed by atoms with Crippen LogP contribution in [0.1, 0.15) is 31.0 Å². The van der Waals surface area contributed by atoms with Crippen molar-refractivity contribution in [1.82, 2.24) is 14.7 Å². The number of hydrogen-bond acceptors (Lipinski definition) is 4. The molecule has 2 heterocycles. The van der Waals surface area contributed by atoms with Crippen LogP contribution in [0.4, 0.5) is 0 Å². The number of carbonyl (C=O) groups excluding carboxylic acids is 1. The van der Waals surface area contributed by atoms with Gasteiger partial charge in [0.2, 0.25) is 5.91 Å². The number of ether oxygens (including phenoxy) is 1. The highest BCUT2D eigenvalue weighted by Gasteiger charge is 2.42. The van der Waals surface area contributed by atoms with E-state index in [1.165, 1.54) is 0 Å². The molecule has 1 saturated heterocycles. The van der Waals surface area contributed by atoms with Crippen LogP contribution in [-0.4, -0.2) is 45.4 Å². The van der Waals surface area contributed by atoms with Gasteiger partial charge in [-0.05, 0) is 43.5 Å². The Morgan fingerprint density at radius 3 is 2.68 bits per heavy atom. The summed E-state index contributed by atoms with van der Waals surface area (Å²) in [6, 6.07) is 9.00. The topological polar surface area (TPSA) is 67.6 Å². The molecule has 0 unspecified atom stereocenters. The molecule has 6 nitrogen and oxygen atoms in total. The summed E-state index contributed by atoms with van der Waals surface area (Å²) < 4.78 is 6.87. The predicted octanol–water partition coefficient (Wildman–Crippen LogP) is 1.87. The number of likely N-dealkylation sites (tertiary alicyclic amines) is 1. The smallest absolute Gasteiger partial charge is 0.229 e. The normalized spacial score (nSPS) is 19.7. The van der Waals surface area contributed by atoms with Crippen molar-refractivity contribution < 1.29 is 14.6 Å². The summed E-state index contributed by atoms with van der Waals surface area (Å²) in [6.45, 7) is 2.45. The Morgan fingerprint density at radius 1 is 1.36 bits per heavy atom. The summed E-state index contributed by atoms with van der Waals surface area (Å²) in [4.78, 5) is 14.6. The molecule has 3 rings (SSSR count). The second-order valence-electron chi connectivity index (χ2n) is 6.78. The number of amides is 1. The predicted molar refractivity (Wildman–Crippen MR) is 94.2 cm³/mol. The minimum Gasteiger partial charge on any atom is -0.497 e. The average molecular weight is 343 g/mol. The lowest BCUT2D eigenvalue weighted by atomic mass is 9.86. The lowest BCUT2D eigenvalue weighted by Gasteiger charge is -2.37. The molecule has 1 aliphatic rings. The van der Waals surface area contributed by atoms with Crippen LogP contribution >= 0.6 is 0 Å². The number of hydrogen-bond donors (Lipinski definition) is 1. The molecule has 0 bridgehead atoms. The molecule has 1 aromatic carbocycles. The SMILES string of the molecule is COc1ccc([C@](C)(O)[C@H]2CCCN2C(=O)Cc2ccn(C)n2)cc1. The van der Waals surface area contributed by atoms with E-state index in [1.54, 1.807) is 23.6 Å². The van der Waals surface area contributed by atoms with Crippen LogP contribution in [0.2, 0.25) is 0 Å². The van der Waals surface area contributed by atoms with Crippen molar-refractivity contribution in [3.63, 3.8) is 0 Å². The third-order valence-electron chi connectivity index (χ3n) is 5.00. The van der Waals surface area contributed by atoms with E-state index in [2.05, 4.69) is 5.10 Å². The highest BCUT2D eigenvalue weighted by atomic mass is 16.5. The first-order valence-corrected chi connectivity index (χ1v) is 8.56. The Labute approximate surface area is 148 Å². The van der Waals surface area contributed by atoms with Crippen molar-refractivity contribution in [1.29, 1.82) is 0 Å². The third-order valence-corrected chi connectivity index (χ3v) is 5.00. The van der Waals surface area contributed by atoms with Gasteiger partial charge in [-0.15, -0.1) is 0 Å². The second kappa shape index (κ2) is 6.88. The Kier molecular flexibility index (Phi) is 4.81. The molecular formula is C19H25N3O3. The Morgan fingerprint density at radius 2 is 2.08 bits per heavy atom. The minimum atomic E-state index is -1.11. The summed E-state index contributed by atoms with van der Waals surface area (Å²) in [7, 11) is 3.45. The van der Waals surface area contributed by atoms with E-state index < -0.39 is 5.60 Å². The van der Waals surface area contributed by atoms with E-state index in [0.717, 1.165) is 29.8 Å². The molecule has 1 fully saturated rings. The average Bonchev–Trinajstić information content (AvgIpc) is 3.24. The third kappa shape index (κ3) is 3.54. The van der Waals surface area contributed by atoms with Gasteiger partial charge in [-0.1, -0.05) is 12.1 Å². The van der Waals surface area contributed by atoms with Crippen molar-refractivity contribution in [3.05, 3.63) is 47.8 Å². The fourth-order valence-corrected chi connectivity index (χ4v) is 3.58. The van der Waals surface area contributed by atoms with Crippen LogP contribution in [0, 0.1) is 0 Å². The number of aliphatic hydroxyl groups is 1. The maximum absolute atomic E-state index is 12.8. The van der Waals surface area contributed by atoms with E-state index >= 15 is 0 Å². The van der Waals surface area contributed by atoms with Crippen LogP contribution < -0.4 is 4.74 Å². The second-order valence-corrected chi connectivity index (χ2v) is 6.78. The molecule has 0 spiro atoms. The van der Waals surface area contributed by atoms with Crippen molar-refractivity contribution in [3.8, 4) is 5.75 Å². The van der Waals surface area contributed by atoms with Gasteiger partial charge in [0.25, 0.3) is 0 Å². The fraction of sp³-hybridized carbons (Fsp3) is 0.474. The van der Waals surface area contributed by atoms with E-state index in [4.69, 9.17) is 4.74 Å². The zero-order valence-electron chi connectivity index (χ0n) is 15.0. The molecule has 2 aromatic rings. The lowest BCUT2D eigenvalue weighted by molar-refractivity contribution is -0.137. The minimum absolute atomic E-state index is 0.00925. The Balaban J connectivity index is 1.77. The summed E-state index contributed by atoms with van der Waals surface area (Å²) in [6.07, 6.45) is 3.77. The maximum atomic E-state index is 12.8. The molecule has 0 aliphatic carbocycles. The zero-order chi connectivity index (χ0) is 18.0. The van der Waals surface area contributed by atoms with Gasteiger partial charge in [-0.25, -0.2) is 0 Å². The first-order chi connectivity index (χ1) is 11.9. The number of rotatable bonds is 5. The molecule has 134 valence electrons. The van der Waals surface area contributed by atoms with Crippen molar-refractivity contribution in [2.24, 2.45) is 7.05 Å². The first-order valence-electron chi connectivity index (χ1n) is 8.56. The summed E-state index contributed by atoms with van der Waals surface area (Å²) in [5.74, 6) is 0.754.